The number of aryl methyl sites for hydroxylation is 12. The predicted molar refractivity (Wildman–Crippen MR) is 458 cm³/mol. The largest absolute Gasteiger partial charge is 0.437 e. The van der Waals surface area contributed by atoms with Crippen LogP contribution < -0.4 is 18.3 Å². The van der Waals surface area contributed by atoms with Gasteiger partial charge in [-0.25, -0.2) is 38.2 Å². The number of rotatable bonds is 12. The molecule has 0 N–H and O–H groups in total. The van der Waals surface area contributed by atoms with Gasteiger partial charge < -0.3 is 17.7 Å². The first kappa shape index (κ1) is 76.6. The van der Waals surface area contributed by atoms with Gasteiger partial charge in [-0.15, -0.1) is 0 Å². The van der Waals surface area contributed by atoms with Crippen molar-refractivity contribution in [2.45, 2.75) is 199 Å². The monoisotopic (exact) mass is 1490 g/mol. The number of aromatic nitrogens is 8. The second kappa shape index (κ2) is 31.4. The molecule has 12 nitrogen and oxygen atoms in total. The standard InChI is InChI=1S/C26H31N2O.C25H27N2O.C25H29N2O.C24H25N2O/c1-15(2)12-19-13-23(28(7)14-22(19)16(3)4)24-17(5)8-10-20-21-11-9-18(6)27-26(21)29-25(20)24;1-15-9-11-19-20-12-10-17(3)26-25(20)28-24(19)23(15)22-13-21(16(2)14-27(22)4)18-7-5-6-8-18;1-15(2)12-18-13-22(27(6)14-21(18)16(3)4)23-17(5)9-10-19-20-8-7-11-26-25(20)28-24(19)23;1-15-10-11-18-19-9-6-12-25-24(19)27-23(18)22(15)21-13-20(16(2)14-26(21)3)17-7-4-5-8-17/h8-11,13-16H,12H2,1-7H3;9-14,18H,5-8H2,1-4H3;7-11,13-16H,12H2,1-6H3;6,9-14,17H,4-5,7-8H2,1-3H3/q4*+1. The molecule has 0 spiro atoms. The molecule has 18 rings (SSSR count). The van der Waals surface area contributed by atoms with Crippen LogP contribution in [-0.2, 0) is 41.0 Å². The van der Waals surface area contributed by atoms with Gasteiger partial charge in [-0.3, -0.25) is 0 Å². The van der Waals surface area contributed by atoms with Crippen molar-refractivity contribution in [3.8, 4) is 45.0 Å². The van der Waals surface area contributed by atoms with Crippen LogP contribution in [0.4, 0.5) is 0 Å². The minimum absolute atomic E-state index is 0.499. The molecular formula is C100H112N8O4+4. The van der Waals surface area contributed by atoms with Crippen LogP contribution in [0.1, 0.15) is 209 Å². The van der Waals surface area contributed by atoms with E-state index >= 15 is 0 Å². The second-order valence-corrected chi connectivity index (χ2v) is 34.1. The molecule has 0 radical (unpaired) electrons. The van der Waals surface area contributed by atoms with Crippen molar-refractivity contribution in [3.63, 3.8) is 0 Å². The van der Waals surface area contributed by atoms with Crippen LogP contribution in [0.15, 0.2) is 176 Å². The maximum absolute atomic E-state index is 6.33. The van der Waals surface area contributed by atoms with E-state index in [1.165, 1.54) is 163 Å². The second-order valence-electron chi connectivity index (χ2n) is 34.1. The molecule has 2 fully saturated rings. The van der Waals surface area contributed by atoms with Gasteiger partial charge in [0.25, 0.3) is 0 Å². The Balaban J connectivity index is 0.000000118. The average Bonchev–Trinajstić information content (AvgIpc) is 1.62. The lowest BCUT2D eigenvalue weighted by atomic mass is 9.91. The van der Waals surface area contributed by atoms with Gasteiger partial charge in [0.15, 0.2) is 47.1 Å². The summed E-state index contributed by atoms with van der Waals surface area (Å²) in [5.41, 5.74) is 34.6. The Morgan fingerprint density at radius 3 is 0.955 bits per heavy atom. The van der Waals surface area contributed by atoms with E-state index in [0.29, 0.717) is 46.9 Å². The van der Waals surface area contributed by atoms with Crippen LogP contribution in [-0.4, -0.2) is 19.9 Å². The van der Waals surface area contributed by atoms with E-state index in [0.717, 1.165) is 101 Å². The number of hydrogen-bond donors (Lipinski definition) is 0. The Kier molecular flexibility index (Phi) is 21.5. The van der Waals surface area contributed by atoms with Crippen molar-refractivity contribution in [1.82, 2.24) is 19.9 Å². The lowest BCUT2D eigenvalue weighted by Gasteiger charge is -2.15. The fourth-order valence-corrected chi connectivity index (χ4v) is 18.3. The van der Waals surface area contributed by atoms with Crippen molar-refractivity contribution in [2.75, 3.05) is 0 Å². The van der Waals surface area contributed by atoms with E-state index in [2.05, 4.69) is 297 Å². The number of nitrogens with zero attached hydrogens (tertiary/aromatic N) is 8. The first-order chi connectivity index (χ1) is 53.8. The molecule has 2 aliphatic rings. The quantitative estimate of drug-likeness (QED) is 0.111. The van der Waals surface area contributed by atoms with E-state index in [1.807, 2.05) is 26.0 Å². The summed E-state index contributed by atoms with van der Waals surface area (Å²) < 4.78 is 34.2. The summed E-state index contributed by atoms with van der Waals surface area (Å²) in [6.45, 7) is 35.4. The summed E-state index contributed by atoms with van der Waals surface area (Å²) >= 11 is 0. The zero-order chi connectivity index (χ0) is 78.8. The van der Waals surface area contributed by atoms with Gasteiger partial charge in [-0.05, 0) is 222 Å². The van der Waals surface area contributed by atoms with Crippen molar-refractivity contribution in [2.24, 2.45) is 40.0 Å². The van der Waals surface area contributed by atoms with E-state index in [1.54, 1.807) is 12.4 Å². The molecular weight excluding hydrogens is 1380 g/mol. The topological polar surface area (TPSA) is 120 Å². The molecule has 16 aromatic rings. The molecule has 0 unspecified atom stereocenters. The predicted octanol–water partition coefficient (Wildman–Crippen LogP) is 24.3. The number of fused-ring (bicyclic) bond motifs is 12. The van der Waals surface area contributed by atoms with Gasteiger partial charge in [-0.2, -0.15) is 0 Å². The maximum atomic E-state index is 6.33. The van der Waals surface area contributed by atoms with Crippen molar-refractivity contribution < 1.29 is 35.9 Å². The third kappa shape index (κ3) is 14.7. The Hall–Kier alpha value is -10.7. The Bertz CT molecular complexity index is 6280. The molecule has 2 saturated carbocycles. The number of pyridine rings is 8. The van der Waals surface area contributed by atoms with Gasteiger partial charge in [0, 0.05) is 113 Å². The Morgan fingerprint density at radius 1 is 0.339 bits per heavy atom. The van der Waals surface area contributed by atoms with Crippen molar-refractivity contribution in [3.05, 3.63) is 237 Å². The molecule has 4 aromatic carbocycles. The van der Waals surface area contributed by atoms with Crippen molar-refractivity contribution in [1.29, 1.82) is 0 Å². The first-order valence-corrected chi connectivity index (χ1v) is 41.0. The van der Waals surface area contributed by atoms with E-state index in [4.69, 9.17) is 17.7 Å². The first-order valence-electron chi connectivity index (χ1n) is 41.0. The summed E-state index contributed by atoms with van der Waals surface area (Å²) in [5, 5.41) is 8.87. The summed E-state index contributed by atoms with van der Waals surface area (Å²) in [6, 6.07) is 43.5. The van der Waals surface area contributed by atoms with Crippen molar-refractivity contribution >= 4 is 88.3 Å². The van der Waals surface area contributed by atoms with Crippen LogP contribution in [0.2, 0.25) is 0 Å². The van der Waals surface area contributed by atoms with Crippen LogP contribution >= 0.6 is 0 Å². The zero-order valence-corrected chi connectivity index (χ0v) is 69.8. The molecule has 112 heavy (non-hydrogen) atoms. The highest BCUT2D eigenvalue weighted by molar-refractivity contribution is 6.12. The molecule has 12 heteroatoms. The molecule has 0 aliphatic heterocycles. The number of furan rings is 4. The zero-order valence-electron chi connectivity index (χ0n) is 69.8. The van der Waals surface area contributed by atoms with E-state index in [-0.39, 0.29) is 0 Å². The highest BCUT2D eigenvalue weighted by Crippen LogP contribution is 2.45. The molecule has 0 amide bonds. The Labute approximate surface area is 660 Å². The van der Waals surface area contributed by atoms with Crippen LogP contribution in [0.5, 0.6) is 0 Å². The molecule has 12 heterocycles. The van der Waals surface area contributed by atoms with E-state index in [9.17, 15) is 0 Å². The minimum atomic E-state index is 0.499. The van der Waals surface area contributed by atoms with E-state index < -0.39 is 0 Å². The molecule has 0 saturated heterocycles. The van der Waals surface area contributed by atoms with Gasteiger partial charge >= 0.3 is 0 Å². The van der Waals surface area contributed by atoms with Crippen LogP contribution in [0, 0.1) is 67.2 Å². The molecule has 0 bridgehead atoms. The fourth-order valence-electron chi connectivity index (χ4n) is 18.3. The third-order valence-electron chi connectivity index (χ3n) is 23.9. The molecule has 12 aromatic heterocycles. The smallest absolute Gasteiger partial charge is 0.227 e. The summed E-state index contributed by atoms with van der Waals surface area (Å²) in [7, 11) is 8.56. The summed E-state index contributed by atoms with van der Waals surface area (Å²) in [6.07, 6.45) is 25.6. The lowest BCUT2D eigenvalue weighted by molar-refractivity contribution is -0.661. The fraction of sp³-hybridized carbons (Fsp3) is 0.360. The summed E-state index contributed by atoms with van der Waals surface area (Å²) in [4.78, 5) is 18.1. The minimum Gasteiger partial charge on any atom is -0.437 e. The molecule has 2 aliphatic carbocycles. The van der Waals surface area contributed by atoms with Crippen LogP contribution in [0.25, 0.3) is 133 Å². The van der Waals surface area contributed by atoms with Crippen LogP contribution in [0.3, 0.4) is 0 Å². The maximum Gasteiger partial charge on any atom is 0.227 e. The number of hydrogen-bond acceptors (Lipinski definition) is 8. The average molecular weight is 1490 g/mol. The highest BCUT2D eigenvalue weighted by atomic mass is 16.4. The number of benzene rings is 4. The molecule has 572 valence electrons. The highest BCUT2D eigenvalue weighted by Gasteiger charge is 2.31. The molecule has 0 atom stereocenters. The van der Waals surface area contributed by atoms with Gasteiger partial charge in [-0.1, -0.05) is 130 Å². The normalized spacial score (nSPS) is 13.6. The lowest BCUT2D eigenvalue weighted by Crippen LogP contribution is -2.32. The summed E-state index contributed by atoms with van der Waals surface area (Å²) in [5.74, 6) is 3.62. The third-order valence-corrected chi connectivity index (χ3v) is 23.9. The van der Waals surface area contributed by atoms with Gasteiger partial charge in [0.05, 0.1) is 22.3 Å². The SMILES string of the molecule is Cc1c[n+](C)c(-c2c(C)ccc3c2oc2ncccc23)cc1C1CCCC1.Cc1ccc2c(n1)oc1c(-c3cc(C4CCCC4)c(C)c[n+]3C)c(C)ccc12.Cc1ccc2c(n1)oc1c(-c3cc(CC(C)C)c(C(C)C)c[n+]3C)c(C)ccc12.Cc1ccc2c(oc3ncccc32)c1-c1cc(CC(C)C)c(C(C)C)c[n+]1C. The van der Waals surface area contributed by atoms with Gasteiger partial charge in [0.2, 0.25) is 45.6 Å². The Morgan fingerprint density at radius 2 is 0.634 bits per heavy atom. The van der Waals surface area contributed by atoms with Gasteiger partial charge in [0.1, 0.15) is 28.2 Å².